The fourth-order valence-corrected chi connectivity index (χ4v) is 2.20. The molecule has 0 saturated carbocycles. The van der Waals surface area contributed by atoms with Crippen molar-refractivity contribution in [1.29, 1.82) is 0 Å². The van der Waals surface area contributed by atoms with E-state index >= 15 is 0 Å². The summed E-state index contributed by atoms with van der Waals surface area (Å²) in [6, 6.07) is 8.27. The number of carbonyl (C=O) groups excluding carboxylic acids is 1. The van der Waals surface area contributed by atoms with Gasteiger partial charge in [-0.05, 0) is 18.6 Å². The maximum Gasteiger partial charge on any atom is 0.340 e. The molecule has 1 aromatic carbocycles. The Bertz CT molecular complexity index is 751. The maximum absolute atomic E-state index is 12.0. The number of ether oxygens (including phenoxy) is 1. The third-order valence-electron chi connectivity index (χ3n) is 3.13. The van der Waals surface area contributed by atoms with Gasteiger partial charge in [0.15, 0.2) is 6.73 Å². The summed E-state index contributed by atoms with van der Waals surface area (Å²) in [5.74, 6) is -0.178. The fourth-order valence-electron chi connectivity index (χ4n) is 1.90. The highest BCUT2D eigenvalue weighted by Crippen LogP contribution is 2.26. The largest absolute Gasteiger partial charge is 0.441 e. The minimum Gasteiger partial charge on any atom is -0.441 e. The van der Waals surface area contributed by atoms with E-state index in [4.69, 9.17) is 16.3 Å². The summed E-state index contributed by atoms with van der Waals surface area (Å²) in [6.45, 7) is 1.73. The summed E-state index contributed by atoms with van der Waals surface area (Å²) in [7, 11) is 1.62. The van der Waals surface area contributed by atoms with E-state index in [1.54, 1.807) is 19.2 Å². The maximum atomic E-state index is 12.0. The van der Waals surface area contributed by atoms with E-state index in [-0.39, 0.29) is 23.3 Å². The molecule has 0 aliphatic heterocycles. The second-order valence-electron chi connectivity index (χ2n) is 4.83. The number of benzene rings is 1. The normalized spacial score (nSPS) is 10.2. The van der Waals surface area contributed by atoms with Crippen LogP contribution in [0.2, 0.25) is 5.02 Å². The molecule has 0 spiro atoms. The van der Waals surface area contributed by atoms with E-state index in [9.17, 15) is 14.9 Å². The highest BCUT2D eigenvalue weighted by molar-refractivity contribution is 6.33. The monoisotopic (exact) mass is 335 g/mol. The number of aryl methyl sites for hydroxylation is 1. The van der Waals surface area contributed by atoms with Gasteiger partial charge in [0.1, 0.15) is 12.0 Å². The van der Waals surface area contributed by atoms with Gasteiger partial charge in [0.2, 0.25) is 0 Å². The zero-order valence-corrected chi connectivity index (χ0v) is 13.3. The number of aromatic nitrogens is 1. The number of hydrogen-bond donors (Lipinski definition) is 0. The Kier molecular flexibility index (Phi) is 5.13. The average Bonchev–Trinajstić information content (AvgIpc) is 2.52. The van der Waals surface area contributed by atoms with E-state index in [2.05, 4.69) is 4.98 Å². The number of nitrogens with zero attached hydrogens (tertiary/aromatic N) is 3. The first-order valence-corrected chi connectivity index (χ1v) is 7.01. The third-order valence-corrected chi connectivity index (χ3v) is 3.41. The smallest absolute Gasteiger partial charge is 0.340 e. The van der Waals surface area contributed by atoms with E-state index < -0.39 is 10.9 Å². The van der Waals surface area contributed by atoms with Crippen LogP contribution in [0, 0.1) is 17.0 Å². The number of nitro groups is 1. The molecule has 0 N–H and O–H groups in total. The van der Waals surface area contributed by atoms with Crippen LogP contribution in [0.3, 0.4) is 0 Å². The second-order valence-corrected chi connectivity index (χ2v) is 5.24. The highest BCUT2D eigenvalue weighted by Gasteiger charge is 2.16. The Morgan fingerprint density at radius 1 is 1.43 bits per heavy atom. The van der Waals surface area contributed by atoms with Crippen LogP contribution < -0.4 is 4.90 Å². The Morgan fingerprint density at radius 2 is 2.13 bits per heavy atom. The molecule has 8 heteroatoms. The molecule has 1 heterocycles. The van der Waals surface area contributed by atoms with Crippen LogP contribution in [-0.4, -0.2) is 29.7 Å². The lowest BCUT2D eigenvalue weighted by atomic mass is 10.1. The van der Waals surface area contributed by atoms with Gasteiger partial charge in [-0.1, -0.05) is 29.8 Å². The molecule has 2 aromatic rings. The Morgan fingerprint density at radius 3 is 2.74 bits per heavy atom. The molecule has 1 aromatic heterocycles. The molecule has 0 unspecified atom stereocenters. The van der Waals surface area contributed by atoms with Crippen molar-refractivity contribution in [3.8, 4) is 0 Å². The molecular formula is C15H14ClN3O4. The summed E-state index contributed by atoms with van der Waals surface area (Å²) in [4.78, 5) is 27.5. The second kappa shape index (κ2) is 7.06. The van der Waals surface area contributed by atoms with E-state index in [1.165, 1.54) is 11.0 Å². The third kappa shape index (κ3) is 3.95. The van der Waals surface area contributed by atoms with Crippen LogP contribution in [0.25, 0.3) is 0 Å². The van der Waals surface area contributed by atoms with Crippen LogP contribution in [0.5, 0.6) is 0 Å². The van der Waals surface area contributed by atoms with Crippen LogP contribution in [0.1, 0.15) is 15.9 Å². The Balaban J connectivity index is 2.05. The van der Waals surface area contributed by atoms with Crippen molar-refractivity contribution in [3.63, 3.8) is 0 Å². The van der Waals surface area contributed by atoms with Crippen molar-refractivity contribution in [1.82, 2.24) is 4.98 Å². The minimum atomic E-state index is -0.582. The van der Waals surface area contributed by atoms with Crippen molar-refractivity contribution in [2.45, 2.75) is 6.92 Å². The zero-order chi connectivity index (χ0) is 17.0. The fraction of sp³-hybridized carbons (Fsp3) is 0.200. The molecule has 0 fully saturated rings. The van der Waals surface area contributed by atoms with Gasteiger partial charge in [0.25, 0.3) is 5.69 Å². The summed E-state index contributed by atoms with van der Waals surface area (Å²) in [5, 5.41) is 10.8. The molecule has 2 rings (SSSR count). The summed E-state index contributed by atoms with van der Waals surface area (Å²) in [6.07, 6.45) is 1.10. The van der Waals surface area contributed by atoms with Gasteiger partial charge < -0.3 is 9.64 Å². The van der Waals surface area contributed by atoms with Crippen LogP contribution in [0.4, 0.5) is 11.5 Å². The SMILES string of the molecule is Cc1ccccc1C(=O)OCN(C)c1ncc([N+](=O)[O-])cc1Cl. The number of rotatable bonds is 5. The van der Waals surface area contributed by atoms with Gasteiger partial charge in [-0.3, -0.25) is 10.1 Å². The average molecular weight is 336 g/mol. The molecule has 0 atom stereocenters. The van der Waals surface area contributed by atoms with E-state index in [0.29, 0.717) is 5.56 Å². The van der Waals surface area contributed by atoms with Crippen molar-refractivity contribution in [2.75, 3.05) is 18.7 Å². The molecule has 0 aliphatic rings. The first-order valence-electron chi connectivity index (χ1n) is 6.64. The Hall–Kier alpha value is -2.67. The summed E-state index contributed by atoms with van der Waals surface area (Å²) in [5.41, 5.74) is 1.08. The summed E-state index contributed by atoms with van der Waals surface area (Å²) >= 11 is 5.98. The van der Waals surface area contributed by atoms with E-state index in [1.807, 2.05) is 19.1 Å². The molecule has 0 amide bonds. The standard InChI is InChI=1S/C15H14ClN3O4/c1-10-5-3-4-6-12(10)15(20)23-9-18(2)14-13(16)7-11(8-17-14)19(21)22/h3-8H,9H2,1-2H3. The first-order chi connectivity index (χ1) is 10.9. The molecule has 0 saturated heterocycles. The number of esters is 1. The van der Waals surface area contributed by atoms with Crippen molar-refractivity contribution in [3.05, 3.63) is 62.8 Å². The van der Waals surface area contributed by atoms with E-state index in [0.717, 1.165) is 11.8 Å². The number of anilines is 1. The molecule has 7 nitrogen and oxygen atoms in total. The summed E-state index contributed by atoms with van der Waals surface area (Å²) < 4.78 is 5.21. The lowest BCUT2D eigenvalue weighted by molar-refractivity contribution is -0.385. The van der Waals surface area contributed by atoms with Gasteiger partial charge in [-0.15, -0.1) is 0 Å². The number of hydrogen-bond acceptors (Lipinski definition) is 6. The predicted molar refractivity (Wildman–Crippen MR) is 85.8 cm³/mol. The highest BCUT2D eigenvalue weighted by atomic mass is 35.5. The zero-order valence-electron chi connectivity index (χ0n) is 12.5. The molecule has 23 heavy (non-hydrogen) atoms. The van der Waals surface area contributed by atoms with Crippen LogP contribution in [0.15, 0.2) is 36.5 Å². The lowest BCUT2D eigenvalue weighted by Crippen LogP contribution is -2.25. The van der Waals surface area contributed by atoms with Crippen molar-refractivity contribution < 1.29 is 14.5 Å². The quantitative estimate of drug-likeness (QED) is 0.361. The molecular weight excluding hydrogens is 322 g/mol. The molecule has 120 valence electrons. The predicted octanol–water partition coefficient (Wildman–Crippen LogP) is 3.20. The molecule has 0 bridgehead atoms. The number of halogens is 1. The molecule has 0 radical (unpaired) electrons. The lowest BCUT2D eigenvalue weighted by Gasteiger charge is -2.19. The van der Waals surface area contributed by atoms with Gasteiger partial charge >= 0.3 is 5.97 Å². The topological polar surface area (TPSA) is 85.6 Å². The number of pyridine rings is 1. The van der Waals surface area contributed by atoms with Gasteiger partial charge in [-0.2, -0.15) is 0 Å². The van der Waals surface area contributed by atoms with Crippen LogP contribution >= 0.6 is 11.6 Å². The van der Waals surface area contributed by atoms with Gasteiger partial charge in [0, 0.05) is 13.1 Å². The van der Waals surface area contributed by atoms with Gasteiger partial charge in [-0.25, -0.2) is 9.78 Å². The van der Waals surface area contributed by atoms with Crippen LogP contribution in [-0.2, 0) is 4.74 Å². The van der Waals surface area contributed by atoms with Crippen molar-refractivity contribution >= 4 is 29.1 Å². The van der Waals surface area contributed by atoms with Gasteiger partial charge in [0.05, 0.1) is 15.5 Å². The number of carbonyl (C=O) groups is 1. The van der Waals surface area contributed by atoms with Crippen molar-refractivity contribution in [2.24, 2.45) is 0 Å². The molecule has 0 aliphatic carbocycles. The minimum absolute atomic E-state index is 0.0856. The Labute approximate surface area is 137 Å². The first kappa shape index (κ1) is 16.7.